The molecule has 1 heterocycles. The predicted molar refractivity (Wildman–Crippen MR) is 88.7 cm³/mol. The van der Waals surface area contributed by atoms with Crippen LogP contribution >= 0.6 is 11.6 Å². The normalized spacial score (nSPS) is 27.6. The second kappa shape index (κ2) is 6.71. The highest BCUT2D eigenvalue weighted by Gasteiger charge is 2.41. The van der Waals surface area contributed by atoms with Gasteiger partial charge in [-0.25, -0.2) is 0 Å². The van der Waals surface area contributed by atoms with Gasteiger partial charge >= 0.3 is 0 Å². The Balaban J connectivity index is 1.55. The Labute approximate surface area is 134 Å². The molecule has 1 aromatic carbocycles. The molecule has 116 valence electrons. The largest absolute Gasteiger partial charge is 0.372 e. The van der Waals surface area contributed by atoms with Crippen molar-refractivity contribution in [3.8, 4) is 0 Å². The fourth-order valence-corrected chi connectivity index (χ4v) is 4.37. The van der Waals surface area contributed by atoms with Crippen molar-refractivity contribution in [2.24, 2.45) is 5.92 Å². The Morgan fingerprint density at radius 2 is 1.86 bits per heavy atom. The second-order valence-electron chi connectivity index (χ2n) is 7.05. The van der Waals surface area contributed by atoms with Crippen LogP contribution in [0.15, 0.2) is 30.3 Å². The van der Waals surface area contributed by atoms with Gasteiger partial charge < -0.3 is 4.74 Å². The van der Waals surface area contributed by atoms with Gasteiger partial charge in [-0.2, -0.15) is 0 Å². The van der Waals surface area contributed by atoms with E-state index in [9.17, 15) is 0 Å². The van der Waals surface area contributed by atoms with Crippen molar-refractivity contribution >= 4 is 11.6 Å². The van der Waals surface area contributed by atoms with Gasteiger partial charge in [-0.3, -0.25) is 0 Å². The first-order valence-corrected chi connectivity index (χ1v) is 8.99. The van der Waals surface area contributed by atoms with E-state index in [2.05, 4.69) is 31.2 Å². The molecule has 1 nitrogen and oxygen atoms in total. The molecule has 1 aliphatic heterocycles. The Morgan fingerprint density at radius 1 is 1.14 bits per heavy atom. The molecule has 0 aromatic heterocycles. The van der Waals surface area contributed by atoms with Crippen molar-refractivity contribution < 1.29 is 4.74 Å². The fraction of sp³-hybridized carbons (Fsp3) is 0.684. The molecule has 0 radical (unpaired) electrons. The lowest BCUT2D eigenvalue weighted by Crippen LogP contribution is -2.32. The molecule has 3 atom stereocenters. The molecular weight excluding hydrogens is 280 g/mol. The summed E-state index contributed by atoms with van der Waals surface area (Å²) in [6.45, 7) is 2.26. The average Bonchev–Trinajstić information content (AvgIpc) is 2.90. The van der Waals surface area contributed by atoms with E-state index in [-0.39, 0.29) is 11.0 Å². The van der Waals surface area contributed by atoms with Crippen molar-refractivity contribution in [1.82, 2.24) is 0 Å². The quantitative estimate of drug-likeness (QED) is 0.632. The lowest BCUT2D eigenvalue weighted by Gasteiger charge is -2.34. The minimum Gasteiger partial charge on any atom is -0.372 e. The van der Waals surface area contributed by atoms with E-state index in [0.717, 1.165) is 6.42 Å². The SMILES string of the molecule is CC(CC1CCC2(CCCCC2)O1)C(Cl)c1ccccc1. The number of ether oxygens (including phenoxy) is 1. The van der Waals surface area contributed by atoms with Gasteiger partial charge in [0.2, 0.25) is 0 Å². The molecule has 2 heteroatoms. The third-order valence-corrected chi connectivity index (χ3v) is 6.04. The maximum Gasteiger partial charge on any atom is 0.0687 e. The topological polar surface area (TPSA) is 9.23 Å². The summed E-state index contributed by atoms with van der Waals surface area (Å²) in [7, 11) is 0. The summed E-state index contributed by atoms with van der Waals surface area (Å²) in [6, 6.07) is 10.4. The van der Waals surface area contributed by atoms with Crippen molar-refractivity contribution in [3.63, 3.8) is 0 Å². The molecule has 21 heavy (non-hydrogen) atoms. The van der Waals surface area contributed by atoms with E-state index >= 15 is 0 Å². The molecule has 1 saturated carbocycles. The number of rotatable bonds is 4. The summed E-state index contributed by atoms with van der Waals surface area (Å²) in [5.74, 6) is 0.456. The number of alkyl halides is 1. The van der Waals surface area contributed by atoms with Crippen molar-refractivity contribution in [2.45, 2.75) is 75.4 Å². The van der Waals surface area contributed by atoms with Crippen LogP contribution in [0.25, 0.3) is 0 Å². The van der Waals surface area contributed by atoms with E-state index in [0.29, 0.717) is 12.0 Å². The lowest BCUT2D eigenvalue weighted by molar-refractivity contribution is -0.0693. The number of halogens is 1. The Bertz CT molecular complexity index is 438. The highest BCUT2D eigenvalue weighted by atomic mass is 35.5. The zero-order valence-corrected chi connectivity index (χ0v) is 13.8. The predicted octanol–water partition coefficient (Wildman–Crippen LogP) is 5.87. The van der Waals surface area contributed by atoms with Crippen molar-refractivity contribution in [1.29, 1.82) is 0 Å². The first kappa shape index (κ1) is 15.4. The van der Waals surface area contributed by atoms with E-state index in [1.807, 2.05) is 6.07 Å². The van der Waals surface area contributed by atoms with Gasteiger partial charge in [0.05, 0.1) is 17.1 Å². The summed E-state index contributed by atoms with van der Waals surface area (Å²) < 4.78 is 6.49. The zero-order valence-electron chi connectivity index (χ0n) is 13.1. The molecule has 0 N–H and O–H groups in total. The highest BCUT2D eigenvalue weighted by Crippen LogP contribution is 2.44. The van der Waals surface area contributed by atoms with Crippen LogP contribution in [0.1, 0.15) is 69.2 Å². The number of benzene rings is 1. The Hall–Kier alpha value is -0.530. The van der Waals surface area contributed by atoms with Crippen LogP contribution in [0, 0.1) is 5.92 Å². The average molecular weight is 307 g/mol. The first-order chi connectivity index (χ1) is 10.2. The summed E-state index contributed by atoms with van der Waals surface area (Å²) in [5.41, 5.74) is 1.47. The molecule has 1 aliphatic carbocycles. The van der Waals surface area contributed by atoms with E-state index < -0.39 is 0 Å². The van der Waals surface area contributed by atoms with Gasteiger partial charge in [0.1, 0.15) is 0 Å². The van der Waals surface area contributed by atoms with Crippen LogP contribution in [0.5, 0.6) is 0 Å². The first-order valence-electron chi connectivity index (χ1n) is 8.55. The van der Waals surface area contributed by atoms with Gasteiger partial charge in [-0.1, -0.05) is 56.5 Å². The maximum atomic E-state index is 6.66. The fourth-order valence-electron chi connectivity index (χ4n) is 4.12. The molecule has 2 aliphatic rings. The molecule has 0 amide bonds. The summed E-state index contributed by atoms with van der Waals surface area (Å²) in [6.07, 6.45) is 10.7. The van der Waals surface area contributed by atoms with Gasteiger partial charge in [0.25, 0.3) is 0 Å². The number of hydrogen-bond donors (Lipinski definition) is 0. The lowest BCUT2D eigenvalue weighted by atomic mass is 9.83. The van der Waals surface area contributed by atoms with E-state index in [1.54, 1.807) is 0 Å². The van der Waals surface area contributed by atoms with E-state index in [4.69, 9.17) is 16.3 Å². The summed E-state index contributed by atoms with van der Waals surface area (Å²) in [4.78, 5) is 0. The molecule has 2 fully saturated rings. The highest BCUT2D eigenvalue weighted by molar-refractivity contribution is 6.21. The molecule has 1 aromatic rings. The third-order valence-electron chi connectivity index (χ3n) is 5.36. The van der Waals surface area contributed by atoms with Crippen LogP contribution in [0.2, 0.25) is 0 Å². The standard InChI is InChI=1S/C19H27ClO/c1-15(18(20)16-8-4-2-5-9-16)14-17-10-13-19(21-17)11-6-3-7-12-19/h2,4-5,8-9,15,17-18H,3,6-7,10-14H2,1H3. The van der Waals surface area contributed by atoms with Crippen LogP contribution < -0.4 is 0 Å². The molecule has 3 unspecified atom stereocenters. The summed E-state index contributed by atoms with van der Waals surface area (Å²) >= 11 is 6.66. The van der Waals surface area contributed by atoms with Crippen molar-refractivity contribution in [2.75, 3.05) is 0 Å². The van der Waals surface area contributed by atoms with Crippen LogP contribution in [0.4, 0.5) is 0 Å². The summed E-state index contributed by atoms with van der Waals surface area (Å²) in [5, 5.41) is 0.0951. The molecule has 1 spiro atoms. The van der Waals surface area contributed by atoms with Crippen LogP contribution in [-0.4, -0.2) is 11.7 Å². The maximum absolute atomic E-state index is 6.66. The van der Waals surface area contributed by atoms with Crippen LogP contribution in [0.3, 0.4) is 0 Å². The van der Waals surface area contributed by atoms with E-state index in [1.165, 1.54) is 50.5 Å². The molecule has 1 saturated heterocycles. The molecule has 0 bridgehead atoms. The van der Waals surface area contributed by atoms with Crippen LogP contribution in [-0.2, 0) is 4.74 Å². The molecular formula is C19H27ClO. The van der Waals surface area contributed by atoms with Gasteiger partial charge in [0.15, 0.2) is 0 Å². The monoisotopic (exact) mass is 306 g/mol. The minimum absolute atomic E-state index is 0.0951. The van der Waals surface area contributed by atoms with Gasteiger partial charge in [-0.05, 0) is 43.6 Å². The minimum atomic E-state index is 0.0951. The zero-order chi connectivity index (χ0) is 14.7. The Kier molecular flexibility index (Phi) is 4.91. The Morgan fingerprint density at radius 3 is 2.57 bits per heavy atom. The number of hydrogen-bond acceptors (Lipinski definition) is 1. The van der Waals surface area contributed by atoms with Gasteiger partial charge in [0, 0.05) is 0 Å². The third kappa shape index (κ3) is 3.63. The smallest absolute Gasteiger partial charge is 0.0687 e. The second-order valence-corrected chi connectivity index (χ2v) is 7.52. The van der Waals surface area contributed by atoms with Crippen molar-refractivity contribution in [3.05, 3.63) is 35.9 Å². The van der Waals surface area contributed by atoms with Gasteiger partial charge in [-0.15, -0.1) is 11.6 Å². The molecule has 3 rings (SSSR count).